The van der Waals surface area contributed by atoms with Crippen LogP contribution >= 0.6 is 11.6 Å². The first-order chi connectivity index (χ1) is 10.6. The van der Waals surface area contributed by atoms with E-state index < -0.39 is 0 Å². The number of carbonyl (C=O) groups is 1. The minimum atomic E-state index is -0.165. The quantitative estimate of drug-likeness (QED) is 0.862. The van der Waals surface area contributed by atoms with Crippen LogP contribution in [0.15, 0.2) is 42.6 Å². The first-order valence-corrected chi connectivity index (χ1v) is 7.37. The number of benzene rings is 1. The maximum absolute atomic E-state index is 12.6. The highest BCUT2D eigenvalue weighted by Gasteiger charge is 2.22. The van der Waals surface area contributed by atoms with Crippen LogP contribution in [0.25, 0.3) is 0 Å². The molecule has 0 spiro atoms. The third-order valence-electron chi connectivity index (χ3n) is 3.53. The predicted octanol–water partition coefficient (Wildman–Crippen LogP) is 3.83. The second-order valence-corrected chi connectivity index (χ2v) is 5.30. The van der Waals surface area contributed by atoms with Gasteiger partial charge in [-0.3, -0.25) is 9.78 Å². The van der Waals surface area contributed by atoms with Gasteiger partial charge >= 0.3 is 0 Å². The summed E-state index contributed by atoms with van der Waals surface area (Å²) in [5.74, 6) is -0.165. The monoisotopic (exact) mass is 313 g/mol. The number of hydrogen-bond acceptors (Lipinski definition) is 3. The molecule has 5 heteroatoms. The van der Waals surface area contributed by atoms with E-state index in [1.165, 1.54) is 6.20 Å². The molecule has 0 saturated carbocycles. The van der Waals surface area contributed by atoms with Gasteiger partial charge in [0.2, 0.25) is 0 Å². The molecule has 22 heavy (non-hydrogen) atoms. The number of pyridine rings is 1. The van der Waals surface area contributed by atoms with Crippen molar-refractivity contribution in [1.29, 1.82) is 5.26 Å². The Morgan fingerprint density at radius 3 is 2.59 bits per heavy atom. The molecule has 0 aliphatic carbocycles. The molecular formula is C17H16ClN3O. The van der Waals surface area contributed by atoms with Gasteiger partial charge in [0.25, 0.3) is 5.91 Å². The molecule has 0 aliphatic rings. The van der Waals surface area contributed by atoms with Crippen LogP contribution in [0.3, 0.4) is 0 Å². The number of rotatable bonds is 4. The minimum Gasteiger partial charge on any atom is -0.331 e. The van der Waals surface area contributed by atoms with Crippen molar-refractivity contribution in [2.24, 2.45) is 0 Å². The van der Waals surface area contributed by atoms with E-state index in [9.17, 15) is 4.79 Å². The molecule has 1 unspecified atom stereocenters. The molecule has 4 nitrogen and oxygen atoms in total. The lowest BCUT2D eigenvalue weighted by atomic mass is 10.0. The van der Waals surface area contributed by atoms with Gasteiger partial charge in [-0.25, -0.2) is 0 Å². The predicted molar refractivity (Wildman–Crippen MR) is 85.5 cm³/mol. The Bertz CT molecular complexity index is 707. The second-order valence-electron chi connectivity index (χ2n) is 4.86. The highest BCUT2D eigenvalue weighted by Crippen LogP contribution is 2.22. The van der Waals surface area contributed by atoms with Crippen molar-refractivity contribution in [3.05, 3.63) is 64.4 Å². The third kappa shape index (κ3) is 3.44. The van der Waals surface area contributed by atoms with Gasteiger partial charge in [-0.1, -0.05) is 23.7 Å². The van der Waals surface area contributed by atoms with E-state index >= 15 is 0 Å². The SMILES string of the molecule is CCN(C(=O)c1cc(Cl)ccn1)C(C)c1ccc(C#N)cc1. The fourth-order valence-electron chi connectivity index (χ4n) is 2.28. The minimum absolute atomic E-state index is 0.119. The van der Waals surface area contributed by atoms with Crippen molar-refractivity contribution >= 4 is 17.5 Å². The van der Waals surface area contributed by atoms with Crippen molar-refractivity contribution in [2.75, 3.05) is 6.54 Å². The molecule has 1 aromatic carbocycles. The lowest BCUT2D eigenvalue weighted by Gasteiger charge is -2.28. The smallest absolute Gasteiger partial charge is 0.272 e. The molecule has 1 aromatic heterocycles. The molecule has 0 bridgehead atoms. The Hall–Kier alpha value is -2.38. The van der Waals surface area contributed by atoms with Crippen molar-refractivity contribution in [3.63, 3.8) is 0 Å². The van der Waals surface area contributed by atoms with Crippen LogP contribution in [-0.2, 0) is 0 Å². The van der Waals surface area contributed by atoms with Crippen molar-refractivity contribution in [3.8, 4) is 6.07 Å². The summed E-state index contributed by atoms with van der Waals surface area (Å²) >= 11 is 5.93. The average molecular weight is 314 g/mol. The first kappa shape index (κ1) is 16.0. The molecule has 0 fully saturated rings. The lowest BCUT2D eigenvalue weighted by molar-refractivity contribution is 0.0696. The molecule has 1 atom stereocenters. The molecule has 1 heterocycles. The van der Waals surface area contributed by atoms with E-state index in [1.54, 1.807) is 29.2 Å². The van der Waals surface area contributed by atoms with Crippen LogP contribution in [-0.4, -0.2) is 22.3 Å². The summed E-state index contributed by atoms with van der Waals surface area (Å²) < 4.78 is 0. The Kier molecular flexibility index (Phi) is 5.13. The van der Waals surface area contributed by atoms with Gasteiger partial charge in [-0.15, -0.1) is 0 Å². The van der Waals surface area contributed by atoms with Crippen LogP contribution in [0.5, 0.6) is 0 Å². The molecule has 112 valence electrons. The zero-order valence-corrected chi connectivity index (χ0v) is 13.2. The van der Waals surface area contributed by atoms with Gasteiger partial charge in [-0.2, -0.15) is 5.26 Å². The lowest BCUT2D eigenvalue weighted by Crippen LogP contribution is -2.34. The summed E-state index contributed by atoms with van der Waals surface area (Å²) in [5.41, 5.74) is 1.90. The standard InChI is InChI=1S/C17H16ClN3O/c1-3-21(17(22)16-10-15(18)8-9-20-16)12(2)14-6-4-13(11-19)5-7-14/h4-10,12H,3H2,1-2H3. The summed E-state index contributed by atoms with van der Waals surface area (Å²) in [6.45, 7) is 4.42. The van der Waals surface area contributed by atoms with Crippen LogP contribution in [0.1, 0.15) is 41.5 Å². The highest BCUT2D eigenvalue weighted by molar-refractivity contribution is 6.30. The Morgan fingerprint density at radius 1 is 1.36 bits per heavy atom. The Balaban J connectivity index is 2.26. The summed E-state index contributed by atoms with van der Waals surface area (Å²) in [6, 6.07) is 12.4. The molecule has 0 N–H and O–H groups in total. The van der Waals surface area contributed by atoms with Crippen LogP contribution in [0.2, 0.25) is 5.02 Å². The van der Waals surface area contributed by atoms with Gasteiger partial charge in [0.1, 0.15) is 5.69 Å². The van der Waals surface area contributed by atoms with Gasteiger partial charge < -0.3 is 4.90 Å². The fraction of sp³-hybridized carbons (Fsp3) is 0.235. The Morgan fingerprint density at radius 2 is 2.05 bits per heavy atom. The van der Waals surface area contributed by atoms with Gasteiger partial charge in [0.05, 0.1) is 17.7 Å². The average Bonchev–Trinajstić information content (AvgIpc) is 2.55. The molecule has 2 rings (SSSR count). The summed E-state index contributed by atoms with van der Waals surface area (Å²) in [7, 11) is 0. The number of hydrogen-bond donors (Lipinski definition) is 0. The van der Waals surface area contributed by atoms with E-state index in [2.05, 4.69) is 11.1 Å². The zero-order valence-electron chi connectivity index (χ0n) is 12.5. The topological polar surface area (TPSA) is 57.0 Å². The van der Waals surface area contributed by atoms with Crippen LogP contribution < -0.4 is 0 Å². The second kappa shape index (κ2) is 7.06. The highest BCUT2D eigenvalue weighted by atomic mass is 35.5. The van der Waals surface area contributed by atoms with Crippen LogP contribution in [0.4, 0.5) is 0 Å². The maximum Gasteiger partial charge on any atom is 0.272 e. The van der Waals surface area contributed by atoms with E-state index in [1.807, 2.05) is 26.0 Å². The number of carbonyl (C=O) groups excluding carboxylic acids is 1. The normalized spacial score (nSPS) is 11.5. The number of amides is 1. The van der Waals surface area contributed by atoms with Gasteiger partial charge in [0, 0.05) is 17.8 Å². The molecule has 0 aliphatic heterocycles. The van der Waals surface area contributed by atoms with E-state index in [0.717, 1.165) is 5.56 Å². The van der Waals surface area contributed by atoms with Crippen molar-refractivity contribution in [1.82, 2.24) is 9.88 Å². The summed E-state index contributed by atoms with van der Waals surface area (Å²) in [4.78, 5) is 18.4. The molecular weight excluding hydrogens is 298 g/mol. The van der Waals surface area contributed by atoms with E-state index in [0.29, 0.717) is 22.8 Å². The maximum atomic E-state index is 12.6. The summed E-state index contributed by atoms with van der Waals surface area (Å²) in [5, 5.41) is 9.34. The zero-order chi connectivity index (χ0) is 16.1. The number of nitriles is 1. The number of nitrogens with zero attached hydrogens (tertiary/aromatic N) is 3. The van der Waals surface area contributed by atoms with Crippen molar-refractivity contribution < 1.29 is 4.79 Å². The fourth-order valence-corrected chi connectivity index (χ4v) is 2.44. The van der Waals surface area contributed by atoms with Gasteiger partial charge in [0.15, 0.2) is 0 Å². The number of halogens is 1. The van der Waals surface area contributed by atoms with E-state index in [-0.39, 0.29) is 11.9 Å². The molecule has 0 radical (unpaired) electrons. The number of aromatic nitrogens is 1. The third-order valence-corrected chi connectivity index (χ3v) is 3.77. The van der Waals surface area contributed by atoms with Crippen molar-refractivity contribution in [2.45, 2.75) is 19.9 Å². The van der Waals surface area contributed by atoms with Gasteiger partial charge in [-0.05, 0) is 43.7 Å². The Labute approximate surface area is 135 Å². The molecule has 2 aromatic rings. The largest absolute Gasteiger partial charge is 0.331 e. The molecule has 0 saturated heterocycles. The van der Waals surface area contributed by atoms with Crippen LogP contribution in [0, 0.1) is 11.3 Å². The summed E-state index contributed by atoms with van der Waals surface area (Å²) in [6.07, 6.45) is 1.52. The first-order valence-electron chi connectivity index (χ1n) is 6.99. The molecule has 1 amide bonds. The van der Waals surface area contributed by atoms with E-state index in [4.69, 9.17) is 16.9 Å².